The third-order valence-corrected chi connectivity index (χ3v) is 4.55. The van der Waals surface area contributed by atoms with Crippen LogP contribution in [0.4, 0.5) is 0 Å². The first-order valence-corrected chi connectivity index (χ1v) is 10.2. The van der Waals surface area contributed by atoms with Crippen molar-refractivity contribution in [2.45, 2.75) is 57.8 Å². The molecular formula is C21H32N4O7. The molecule has 1 rings (SSSR count). The zero-order valence-electron chi connectivity index (χ0n) is 18.4. The molecule has 0 fully saturated rings. The van der Waals surface area contributed by atoms with Gasteiger partial charge in [-0.25, -0.2) is 0 Å². The van der Waals surface area contributed by atoms with Gasteiger partial charge in [-0.1, -0.05) is 26.0 Å². The summed E-state index contributed by atoms with van der Waals surface area (Å²) in [7, 11) is 0. The second-order valence-electron chi connectivity index (χ2n) is 8.01. The summed E-state index contributed by atoms with van der Waals surface area (Å²) in [6.07, 6.45) is -0.913. The standard InChI is InChI=1S/C21H32N4O7/c1-11(2)8-15(22)19(30)24-16(9-13-4-6-14(27)7-5-13)20(31)25-18(12(3)26)21(32)23-10-17(28)29/h4-7,11-12,15-16,18,26-27H,8-10,22H2,1-3H3,(H,23,32)(H,24,30)(H,25,31)(H,28,29). The lowest BCUT2D eigenvalue weighted by atomic mass is 10.0. The van der Waals surface area contributed by atoms with Crippen molar-refractivity contribution in [3.05, 3.63) is 29.8 Å². The number of hydrogen-bond donors (Lipinski definition) is 7. The average Bonchev–Trinajstić information content (AvgIpc) is 2.70. The molecule has 8 N–H and O–H groups in total. The summed E-state index contributed by atoms with van der Waals surface area (Å²) in [5.74, 6) is -3.31. The Labute approximate surface area is 186 Å². The largest absolute Gasteiger partial charge is 0.508 e. The van der Waals surface area contributed by atoms with Gasteiger partial charge in [0.15, 0.2) is 0 Å². The van der Waals surface area contributed by atoms with Gasteiger partial charge in [-0.05, 0) is 37.0 Å². The molecule has 0 saturated heterocycles. The van der Waals surface area contributed by atoms with E-state index in [9.17, 15) is 29.4 Å². The maximum absolute atomic E-state index is 12.9. The molecule has 11 nitrogen and oxygen atoms in total. The Morgan fingerprint density at radius 3 is 2.06 bits per heavy atom. The molecule has 4 unspecified atom stereocenters. The van der Waals surface area contributed by atoms with Gasteiger partial charge in [0.05, 0.1) is 12.1 Å². The minimum atomic E-state index is -1.44. The lowest BCUT2D eigenvalue weighted by Gasteiger charge is -2.25. The second-order valence-corrected chi connectivity index (χ2v) is 8.01. The van der Waals surface area contributed by atoms with E-state index in [1.54, 1.807) is 12.1 Å². The summed E-state index contributed by atoms with van der Waals surface area (Å²) in [5, 5.41) is 35.1. The monoisotopic (exact) mass is 452 g/mol. The fourth-order valence-electron chi connectivity index (χ4n) is 2.90. The Kier molecular flexibility index (Phi) is 10.6. The topological polar surface area (TPSA) is 191 Å². The molecule has 0 bridgehead atoms. The SMILES string of the molecule is CC(C)CC(N)C(=O)NC(Cc1ccc(O)cc1)C(=O)NC(C(=O)NCC(=O)O)C(C)O. The van der Waals surface area contributed by atoms with Gasteiger partial charge in [-0.15, -0.1) is 0 Å². The predicted octanol–water partition coefficient (Wildman–Crippen LogP) is -1.14. The molecule has 178 valence electrons. The smallest absolute Gasteiger partial charge is 0.322 e. The number of nitrogens with two attached hydrogens (primary N) is 1. The second kappa shape index (κ2) is 12.6. The number of phenolic OH excluding ortho intramolecular Hbond substituents is 1. The summed E-state index contributed by atoms with van der Waals surface area (Å²) < 4.78 is 0. The zero-order valence-corrected chi connectivity index (χ0v) is 18.4. The minimum Gasteiger partial charge on any atom is -0.508 e. The van der Waals surface area contributed by atoms with Crippen molar-refractivity contribution >= 4 is 23.7 Å². The molecule has 4 atom stereocenters. The van der Waals surface area contributed by atoms with Crippen LogP contribution >= 0.6 is 0 Å². The number of carboxylic acid groups (broad SMARTS) is 1. The lowest BCUT2D eigenvalue weighted by molar-refractivity contribution is -0.139. The van der Waals surface area contributed by atoms with Gasteiger partial charge >= 0.3 is 5.97 Å². The van der Waals surface area contributed by atoms with Crippen LogP contribution in [0.1, 0.15) is 32.8 Å². The fraction of sp³-hybridized carbons (Fsp3) is 0.524. The van der Waals surface area contributed by atoms with Crippen molar-refractivity contribution in [2.24, 2.45) is 11.7 Å². The molecule has 0 saturated carbocycles. The van der Waals surface area contributed by atoms with Crippen molar-refractivity contribution in [2.75, 3.05) is 6.54 Å². The highest BCUT2D eigenvalue weighted by atomic mass is 16.4. The van der Waals surface area contributed by atoms with E-state index >= 15 is 0 Å². The predicted molar refractivity (Wildman–Crippen MR) is 115 cm³/mol. The fourth-order valence-corrected chi connectivity index (χ4v) is 2.90. The first-order chi connectivity index (χ1) is 14.9. The van der Waals surface area contributed by atoms with Gasteiger partial charge in [-0.2, -0.15) is 0 Å². The number of nitrogens with one attached hydrogen (secondary N) is 3. The van der Waals surface area contributed by atoms with Gasteiger partial charge in [-0.3, -0.25) is 19.2 Å². The van der Waals surface area contributed by atoms with Crippen molar-refractivity contribution in [3.63, 3.8) is 0 Å². The Morgan fingerprint density at radius 2 is 1.56 bits per heavy atom. The molecule has 3 amide bonds. The summed E-state index contributed by atoms with van der Waals surface area (Å²) in [5.41, 5.74) is 6.52. The third-order valence-electron chi connectivity index (χ3n) is 4.55. The Balaban J connectivity index is 3.02. The number of aliphatic hydroxyl groups is 1. The van der Waals surface area contributed by atoms with E-state index in [1.165, 1.54) is 19.1 Å². The number of phenols is 1. The number of aliphatic hydroxyl groups excluding tert-OH is 1. The molecular weight excluding hydrogens is 420 g/mol. The number of benzene rings is 1. The van der Waals surface area contributed by atoms with Crippen molar-refractivity contribution in [1.29, 1.82) is 0 Å². The average molecular weight is 453 g/mol. The van der Waals surface area contributed by atoms with E-state index in [0.717, 1.165) is 0 Å². The molecule has 0 aliphatic heterocycles. The number of carbonyl (C=O) groups is 4. The molecule has 0 aliphatic rings. The molecule has 0 heterocycles. The van der Waals surface area contributed by atoms with Crippen LogP contribution in [0.15, 0.2) is 24.3 Å². The molecule has 1 aromatic carbocycles. The van der Waals surface area contributed by atoms with Crippen LogP contribution in [0.3, 0.4) is 0 Å². The molecule has 11 heteroatoms. The summed E-state index contributed by atoms with van der Waals surface area (Å²) in [4.78, 5) is 48.3. The minimum absolute atomic E-state index is 0.0233. The van der Waals surface area contributed by atoms with E-state index in [4.69, 9.17) is 10.8 Å². The quantitative estimate of drug-likeness (QED) is 0.207. The Hall–Kier alpha value is -3.18. The molecule has 1 aromatic rings. The summed E-state index contributed by atoms with van der Waals surface area (Å²) in [6.45, 7) is 4.38. The normalized spacial score (nSPS) is 14.7. The number of carboxylic acids is 1. The van der Waals surface area contributed by atoms with Crippen molar-refractivity contribution in [1.82, 2.24) is 16.0 Å². The summed E-state index contributed by atoms with van der Waals surface area (Å²) >= 11 is 0. The van der Waals surface area contributed by atoms with E-state index in [0.29, 0.717) is 12.0 Å². The molecule has 0 spiro atoms. The molecule has 0 radical (unpaired) electrons. The van der Waals surface area contributed by atoms with Crippen LogP contribution in [-0.4, -0.2) is 69.8 Å². The Morgan fingerprint density at radius 1 is 0.969 bits per heavy atom. The van der Waals surface area contributed by atoms with Crippen LogP contribution in [-0.2, 0) is 25.6 Å². The van der Waals surface area contributed by atoms with Gasteiger partial charge in [0.1, 0.15) is 24.4 Å². The van der Waals surface area contributed by atoms with Crippen LogP contribution < -0.4 is 21.7 Å². The van der Waals surface area contributed by atoms with E-state index in [1.807, 2.05) is 13.8 Å². The lowest BCUT2D eigenvalue weighted by Crippen LogP contribution is -2.59. The van der Waals surface area contributed by atoms with Gasteiger partial charge in [0.2, 0.25) is 17.7 Å². The number of aromatic hydroxyl groups is 1. The molecule has 32 heavy (non-hydrogen) atoms. The van der Waals surface area contributed by atoms with Gasteiger partial charge < -0.3 is 37.0 Å². The van der Waals surface area contributed by atoms with E-state index in [2.05, 4.69) is 16.0 Å². The first kappa shape index (κ1) is 26.9. The number of amides is 3. The van der Waals surface area contributed by atoms with Crippen LogP contribution in [0.25, 0.3) is 0 Å². The van der Waals surface area contributed by atoms with Gasteiger partial charge in [0.25, 0.3) is 0 Å². The molecule has 0 aromatic heterocycles. The van der Waals surface area contributed by atoms with Crippen LogP contribution in [0, 0.1) is 5.92 Å². The van der Waals surface area contributed by atoms with Gasteiger partial charge in [0, 0.05) is 6.42 Å². The number of rotatable bonds is 12. The zero-order chi connectivity index (χ0) is 24.4. The highest BCUT2D eigenvalue weighted by molar-refractivity contribution is 5.94. The number of hydrogen-bond acceptors (Lipinski definition) is 7. The van der Waals surface area contributed by atoms with E-state index in [-0.39, 0.29) is 18.1 Å². The van der Waals surface area contributed by atoms with Crippen LogP contribution in [0.2, 0.25) is 0 Å². The maximum Gasteiger partial charge on any atom is 0.322 e. The van der Waals surface area contributed by atoms with Crippen LogP contribution in [0.5, 0.6) is 5.75 Å². The first-order valence-electron chi connectivity index (χ1n) is 10.2. The van der Waals surface area contributed by atoms with E-state index < -0.39 is 54.5 Å². The molecule has 0 aliphatic carbocycles. The number of carbonyl (C=O) groups excluding carboxylic acids is 3. The van der Waals surface area contributed by atoms with Crippen molar-refractivity contribution < 1.29 is 34.5 Å². The highest BCUT2D eigenvalue weighted by Gasteiger charge is 2.31. The summed E-state index contributed by atoms with van der Waals surface area (Å²) in [6, 6.07) is 2.56. The highest BCUT2D eigenvalue weighted by Crippen LogP contribution is 2.12. The number of aliphatic carboxylic acids is 1. The third kappa shape index (κ3) is 9.31. The van der Waals surface area contributed by atoms with Crippen molar-refractivity contribution in [3.8, 4) is 5.75 Å². The Bertz CT molecular complexity index is 796. The maximum atomic E-state index is 12.9.